The number of carbonyl (C=O) groups is 4. The van der Waals surface area contributed by atoms with E-state index in [-0.39, 0.29) is 18.0 Å². The largest absolute Gasteiger partial charge is 0.452 e. The molecule has 0 fully saturated rings. The molecule has 1 aliphatic heterocycles. The molecule has 0 saturated carbocycles. The first-order valence-corrected chi connectivity index (χ1v) is 13.2. The predicted octanol–water partition coefficient (Wildman–Crippen LogP) is 4.25. The molecule has 0 spiro atoms. The van der Waals surface area contributed by atoms with E-state index in [0.29, 0.717) is 16.7 Å². The first kappa shape index (κ1) is 30.2. The highest BCUT2D eigenvalue weighted by atomic mass is 19.4. The van der Waals surface area contributed by atoms with Gasteiger partial charge in [0.25, 0.3) is 17.6 Å². The average molecular weight is 579 g/mol. The van der Waals surface area contributed by atoms with E-state index in [1.165, 1.54) is 35.6 Å². The molecule has 1 aromatic heterocycles. The molecule has 3 amide bonds. The van der Waals surface area contributed by atoms with Gasteiger partial charge in [-0.3, -0.25) is 29.1 Å². The van der Waals surface area contributed by atoms with E-state index in [1.54, 1.807) is 74.5 Å². The van der Waals surface area contributed by atoms with Crippen LogP contribution in [0.3, 0.4) is 0 Å². The van der Waals surface area contributed by atoms with Gasteiger partial charge < -0.3 is 10.2 Å². The van der Waals surface area contributed by atoms with Gasteiger partial charge >= 0.3 is 6.18 Å². The molecule has 8 nitrogen and oxygen atoms in total. The van der Waals surface area contributed by atoms with Gasteiger partial charge in [-0.15, -0.1) is 0 Å². The number of nitrogens with one attached hydrogen (secondary N) is 1. The van der Waals surface area contributed by atoms with Gasteiger partial charge in [0.2, 0.25) is 5.91 Å². The van der Waals surface area contributed by atoms with E-state index in [0.717, 1.165) is 4.90 Å². The van der Waals surface area contributed by atoms with Crippen molar-refractivity contribution in [2.24, 2.45) is 5.92 Å². The van der Waals surface area contributed by atoms with E-state index >= 15 is 0 Å². The van der Waals surface area contributed by atoms with Crippen LogP contribution in [0.1, 0.15) is 35.3 Å². The lowest BCUT2D eigenvalue weighted by Crippen LogP contribution is -2.57. The zero-order chi connectivity index (χ0) is 30.4. The lowest BCUT2D eigenvalue weighted by atomic mass is 9.96. The van der Waals surface area contributed by atoms with Crippen molar-refractivity contribution >= 4 is 29.2 Å². The fourth-order valence-electron chi connectivity index (χ4n) is 4.76. The lowest BCUT2D eigenvalue weighted by molar-refractivity contribution is -0.173. The number of Topliss-reactive ketones (excluding diaryl/α,β-unsaturated/α-hetero) is 1. The predicted molar refractivity (Wildman–Crippen MR) is 148 cm³/mol. The number of nitrogens with zero attached hydrogens (tertiary/aromatic N) is 3. The normalized spacial score (nSPS) is 16.2. The molecule has 3 aromatic rings. The van der Waals surface area contributed by atoms with Gasteiger partial charge in [0.05, 0.1) is 5.70 Å². The zero-order valence-electron chi connectivity index (χ0n) is 22.9. The van der Waals surface area contributed by atoms with E-state index in [2.05, 4.69) is 10.3 Å². The summed E-state index contributed by atoms with van der Waals surface area (Å²) in [6, 6.07) is 16.7. The second-order valence-electron chi connectivity index (χ2n) is 10.1. The number of amides is 3. The monoisotopic (exact) mass is 578 g/mol. The summed E-state index contributed by atoms with van der Waals surface area (Å²) in [6.07, 6.45) is -1.19. The second-order valence-corrected chi connectivity index (χ2v) is 10.1. The summed E-state index contributed by atoms with van der Waals surface area (Å²) >= 11 is 0. The van der Waals surface area contributed by atoms with E-state index in [9.17, 15) is 32.3 Å². The number of alkyl halides is 3. The molecule has 0 saturated heterocycles. The molecule has 1 aliphatic rings. The van der Waals surface area contributed by atoms with Crippen molar-refractivity contribution in [2.45, 2.75) is 38.5 Å². The van der Waals surface area contributed by atoms with Gasteiger partial charge in [-0.25, -0.2) is 0 Å². The van der Waals surface area contributed by atoms with Crippen molar-refractivity contribution in [3.8, 4) is 0 Å². The summed E-state index contributed by atoms with van der Waals surface area (Å²) in [6.45, 7) is 2.82. The molecule has 2 heterocycles. The molecule has 0 aliphatic carbocycles. The van der Waals surface area contributed by atoms with Crippen LogP contribution in [0.25, 0.3) is 5.70 Å². The number of hydrogen-bond donors (Lipinski definition) is 1. The molecule has 4 rings (SSSR count). The maximum Gasteiger partial charge on any atom is 0.452 e. The zero-order valence-corrected chi connectivity index (χ0v) is 22.9. The molecule has 11 heteroatoms. The Morgan fingerprint density at radius 2 is 1.52 bits per heavy atom. The van der Waals surface area contributed by atoms with Crippen LogP contribution in [0, 0.1) is 5.92 Å². The van der Waals surface area contributed by atoms with Crippen LogP contribution in [-0.2, 0) is 20.8 Å². The maximum atomic E-state index is 14.0. The minimum absolute atomic E-state index is 0.205. The Bertz CT molecular complexity index is 1460. The molecule has 218 valence electrons. The van der Waals surface area contributed by atoms with Gasteiger partial charge in [0.15, 0.2) is 0 Å². The summed E-state index contributed by atoms with van der Waals surface area (Å²) in [4.78, 5) is 59.3. The van der Waals surface area contributed by atoms with Crippen molar-refractivity contribution in [3.63, 3.8) is 0 Å². The number of ketones is 1. The lowest BCUT2D eigenvalue weighted by Gasteiger charge is -2.41. The number of hydrogen-bond acceptors (Lipinski definition) is 5. The molecule has 2 aromatic carbocycles. The Kier molecular flexibility index (Phi) is 9.19. The van der Waals surface area contributed by atoms with E-state index in [4.69, 9.17) is 0 Å². The molecule has 1 N–H and O–H groups in total. The molecule has 2 unspecified atom stereocenters. The molecular formula is C31H29F3N4O4. The molecule has 0 bridgehead atoms. The third kappa shape index (κ3) is 6.91. The summed E-state index contributed by atoms with van der Waals surface area (Å²) in [5.74, 6) is -4.50. The number of pyridine rings is 1. The number of aromatic nitrogens is 1. The van der Waals surface area contributed by atoms with Crippen LogP contribution in [0.5, 0.6) is 0 Å². The summed E-state index contributed by atoms with van der Waals surface area (Å²) < 4.78 is 40.3. The highest BCUT2D eigenvalue weighted by Crippen LogP contribution is 2.31. The maximum absolute atomic E-state index is 14.0. The number of rotatable bonds is 9. The summed E-state index contributed by atoms with van der Waals surface area (Å²) in [5.41, 5.74) is 1.43. The highest BCUT2D eigenvalue weighted by molar-refractivity contribution is 6.04. The van der Waals surface area contributed by atoms with E-state index in [1.807, 2.05) is 0 Å². The Balaban J connectivity index is 1.69. The van der Waals surface area contributed by atoms with Crippen molar-refractivity contribution < 1.29 is 32.3 Å². The molecular weight excluding hydrogens is 549 g/mol. The third-order valence-electron chi connectivity index (χ3n) is 6.75. The van der Waals surface area contributed by atoms with Crippen molar-refractivity contribution in [2.75, 3.05) is 6.54 Å². The highest BCUT2D eigenvalue weighted by Gasteiger charge is 2.45. The molecule has 2 atom stereocenters. The Morgan fingerprint density at radius 3 is 2.10 bits per heavy atom. The van der Waals surface area contributed by atoms with Gasteiger partial charge in [0, 0.05) is 30.6 Å². The van der Waals surface area contributed by atoms with Crippen LogP contribution in [0.4, 0.5) is 13.2 Å². The Labute approximate surface area is 240 Å². The minimum atomic E-state index is -5.18. The Morgan fingerprint density at radius 1 is 0.929 bits per heavy atom. The summed E-state index contributed by atoms with van der Waals surface area (Å²) in [5, 5.41) is 2.20. The van der Waals surface area contributed by atoms with Gasteiger partial charge in [-0.05, 0) is 29.2 Å². The first-order valence-electron chi connectivity index (χ1n) is 13.2. The minimum Gasteiger partial charge on any atom is -0.344 e. The van der Waals surface area contributed by atoms with Crippen molar-refractivity contribution in [1.29, 1.82) is 0 Å². The summed E-state index contributed by atoms with van der Waals surface area (Å²) in [7, 11) is 0. The van der Waals surface area contributed by atoms with Gasteiger partial charge in [-0.1, -0.05) is 74.5 Å². The van der Waals surface area contributed by atoms with Crippen LogP contribution in [0.15, 0.2) is 91.4 Å². The SMILES string of the molecule is CC(C)C1C(=O)N(CC(=O)NC(Cc2ccccc2)C(=O)C(F)(F)F)C(c2ccccc2)=CN1C(=O)c1ccncc1. The fourth-order valence-corrected chi connectivity index (χ4v) is 4.76. The number of benzene rings is 2. The van der Waals surface area contributed by atoms with Crippen LogP contribution in [0.2, 0.25) is 0 Å². The Hall–Kier alpha value is -4.80. The molecule has 0 radical (unpaired) electrons. The van der Waals surface area contributed by atoms with Gasteiger partial charge in [-0.2, -0.15) is 13.2 Å². The van der Waals surface area contributed by atoms with E-state index < -0.39 is 48.3 Å². The first-order chi connectivity index (χ1) is 20.0. The van der Waals surface area contributed by atoms with Crippen molar-refractivity contribution in [3.05, 3.63) is 108 Å². The van der Waals surface area contributed by atoms with Crippen molar-refractivity contribution in [1.82, 2.24) is 20.1 Å². The standard InChI is InChI=1S/C31H29F3N4O4/c1-20(2)27-30(42)37(19-26(39)36-24(28(40)31(32,33)34)17-21-9-5-3-6-10-21)25(22-11-7-4-8-12-22)18-38(27)29(41)23-13-15-35-16-14-23/h3-16,18,20,24,27H,17,19H2,1-2H3,(H,36,39). The third-order valence-corrected chi connectivity index (χ3v) is 6.75. The van der Waals surface area contributed by atoms with Crippen LogP contribution < -0.4 is 5.32 Å². The topological polar surface area (TPSA) is 99.7 Å². The number of halogens is 3. The van der Waals surface area contributed by atoms with Crippen LogP contribution in [-0.4, -0.2) is 63.1 Å². The number of carbonyl (C=O) groups excluding carboxylic acids is 4. The smallest absolute Gasteiger partial charge is 0.344 e. The fraction of sp³-hybridized carbons (Fsp3) is 0.258. The van der Waals surface area contributed by atoms with Crippen LogP contribution >= 0.6 is 0 Å². The second kappa shape index (κ2) is 12.8. The van der Waals surface area contributed by atoms with Gasteiger partial charge in [0.1, 0.15) is 18.6 Å². The molecule has 42 heavy (non-hydrogen) atoms. The average Bonchev–Trinajstić information content (AvgIpc) is 2.97. The quantitative estimate of drug-likeness (QED) is 0.410.